The van der Waals surface area contributed by atoms with Gasteiger partial charge < -0.3 is 4.74 Å². The van der Waals surface area contributed by atoms with Gasteiger partial charge in [0.05, 0.1) is 7.11 Å². The fourth-order valence-corrected chi connectivity index (χ4v) is 1.90. The van der Waals surface area contributed by atoms with E-state index in [2.05, 4.69) is 44.2 Å². The number of aryl methyl sites for hydroxylation is 2. The minimum absolute atomic E-state index is 0.934. The summed E-state index contributed by atoms with van der Waals surface area (Å²) in [5.74, 6) is 0.934. The zero-order valence-corrected chi connectivity index (χ0v) is 13.9. The van der Waals surface area contributed by atoms with Gasteiger partial charge in [-0.15, -0.1) is 0 Å². The van der Waals surface area contributed by atoms with Crippen molar-refractivity contribution in [1.82, 2.24) is 0 Å². The van der Waals surface area contributed by atoms with Crippen LogP contribution in [0, 0.1) is 13.8 Å². The second-order valence-electron chi connectivity index (χ2n) is 4.02. The van der Waals surface area contributed by atoms with Crippen molar-refractivity contribution < 1.29 is 4.74 Å². The largest absolute Gasteiger partial charge is 0.496 e. The summed E-state index contributed by atoms with van der Waals surface area (Å²) in [5.41, 5.74) is 4.91. The van der Waals surface area contributed by atoms with Gasteiger partial charge in [-0.25, -0.2) is 0 Å². The van der Waals surface area contributed by atoms with Crippen molar-refractivity contribution in [3.05, 3.63) is 53.6 Å². The molecule has 0 bridgehead atoms. The Bertz CT molecular complexity index is 484. The molecule has 0 unspecified atom stereocenters. The first-order valence-corrected chi connectivity index (χ1v) is 7.43. The molecule has 1 nitrogen and oxygen atoms in total. The zero-order chi connectivity index (χ0) is 15.5. The number of hydrogen-bond donors (Lipinski definition) is 0. The van der Waals surface area contributed by atoms with Crippen LogP contribution >= 0.6 is 0 Å². The van der Waals surface area contributed by atoms with E-state index in [9.17, 15) is 0 Å². The molecule has 0 N–H and O–H groups in total. The van der Waals surface area contributed by atoms with Crippen molar-refractivity contribution in [3.63, 3.8) is 0 Å². The molecule has 2 aromatic rings. The van der Waals surface area contributed by atoms with E-state index in [1.807, 2.05) is 39.8 Å². The Balaban J connectivity index is 0.000000829. The van der Waals surface area contributed by atoms with Gasteiger partial charge in [-0.3, -0.25) is 0 Å². The summed E-state index contributed by atoms with van der Waals surface area (Å²) in [5, 5.41) is 0. The molecule has 0 amide bonds. The van der Waals surface area contributed by atoms with Crippen LogP contribution in [0.4, 0.5) is 0 Å². The molecular weight excluding hydrogens is 244 g/mol. The normalized spacial score (nSPS) is 8.75. The topological polar surface area (TPSA) is 9.23 Å². The summed E-state index contributed by atoms with van der Waals surface area (Å²) in [6.07, 6.45) is 0. The predicted molar refractivity (Wildman–Crippen MR) is 90.6 cm³/mol. The van der Waals surface area contributed by atoms with E-state index in [0.717, 1.165) is 5.75 Å². The molecule has 0 aliphatic rings. The highest BCUT2D eigenvalue weighted by atomic mass is 16.5. The third-order valence-corrected chi connectivity index (χ3v) is 2.79. The van der Waals surface area contributed by atoms with Gasteiger partial charge in [0.1, 0.15) is 5.75 Å². The third kappa shape index (κ3) is 4.73. The van der Waals surface area contributed by atoms with E-state index in [1.165, 1.54) is 22.3 Å². The summed E-state index contributed by atoms with van der Waals surface area (Å²) in [6, 6.07) is 14.7. The molecule has 0 aliphatic carbocycles. The van der Waals surface area contributed by atoms with Crippen LogP contribution in [0.3, 0.4) is 0 Å². The zero-order valence-electron chi connectivity index (χ0n) is 13.9. The molecule has 2 rings (SSSR count). The Morgan fingerprint density at radius 2 is 1.30 bits per heavy atom. The van der Waals surface area contributed by atoms with Gasteiger partial charge in [-0.05, 0) is 31.0 Å². The minimum atomic E-state index is 0.934. The van der Waals surface area contributed by atoms with Crippen LogP contribution in [-0.2, 0) is 0 Å². The maximum atomic E-state index is 5.41. The van der Waals surface area contributed by atoms with Crippen LogP contribution in [-0.4, -0.2) is 7.11 Å². The molecule has 0 aromatic heterocycles. The van der Waals surface area contributed by atoms with Gasteiger partial charge in [-0.1, -0.05) is 69.7 Å². The maximum absolute atomic E-state index is 5.41. The first kappa shape index (κ1) is 18.2. The Hall–Kier alpha value is -1.76. The van der Waals surface area contributed by atoms with E-state index >= 15 is 0 Å². The fourth-order valence-electron chi connectivity index (χ4n) is 1.90. The average Bonchev–Trinajstić information content (AvgIpc) is 2.52. The standard InChI is InChI=1S/C15H16O.2C2H6/c1-11-7-9-13(10-8-11)15-12(2)5-4-6-14(15)16-3;2*1-2/h4-10H,1-3H3;2*1-2H3. The second-order valence-corrected chi connectivity index (χ2v) is 4.02. The van der Waals surface area contributed by atoms with Crippen molar-refractivity contribution >= 4 is 0 Å². The van der Waals surface area contributed by atoms with Crippen molar-refractivity contribution in [3.8, 4) is 16.9 Å². The van der Waals surface area contributed by atoms with Gasteiger partial charge in [0.2, 0.25) is 0 Å². The lowest BCUT2D eigenvalue weighted by atomic mass is 9.99. The molecule has 0 heterocycles. The van der Waals surface area contributed by atoms with Crippen LogP contribution < -0.4 is 4.74 Å². The molecule has 110 valence electrons. The highest BCUT2D eigenvalue weighted by Crippen LogP contribution is 2.32. The average molecular weight is 272 g/mol. The van der Waals surface area contributed by atoms with Crippen LogP contribution in [0.2, 0.25) is 0 Å². The summed E-state index contributed by atoms with van der Waals surface area (Å²) in [6.45, 7) is 12.2. The number of hydrogen-bond acceptors (Lipinski definition) is 1. The lowest BCUT2D eigenvalue weighted by Gasteiger charge is -2.11. The Kier molecular flexibility index (Phi) is 9.19. The van der Waals surface area contributed by atoms with Crippen LogP contribution in [0.1, 0.15) is 38.8 Å². The van der Waals surface area contributed by atoms with Crippen molar-refractivity contribution in [2.45, 2.75) is 41.5 Å². The van der Waals surface area contributed by atoms with E-state index in [0.29, 0.717) is 0 Å². The van der Waals surface area contributed by atoms with Gasteiger partial charge in [0, 0.05) is 5.56 Å². The maximum Gasteiger partial charge on any atom is 0.126 e. The molecule has 0 spiro atoms. The van der Waals surface area contributed by atoms with Crippen molar-refractivity contribution in [2.24, 2.45) is 0 Å². The molecule has 20 heavy (non-hydrogen) atoms. The van der Waals surface area contributed by atoms with E-state index in [4.69, 9.17) is 4.74 Å². The van der Waals surface area contributed by atoms with E-state index < -0.39 is 0 Å². The smallest absolute Gasteiger partial charge is 0.126 e. The predicted octanol–water partition coefficient (Wildman–Crippen LogP) is 6.03. The SMILES string of the molecule is CC.CC.COc1cccc(C)c1-c1ccc(C)cc1. The minimum Gasteiger partial charge on any atom is -0.496 e. The van der Waals surface area contributed by atoms with Gasteiger partial charge >= 0.3 is 0 Å². The number of rotatable bonds is 2. The number of ether oxygens (including phenoxy) is 1. The quantitative estimate of drug-likeness (QED) is 0.648. The molecule has 2 aromatic carbocycles. The third-order valence-electron chi connectivity index (χ3n) is 2.79. The Morgan fingerprint density at radius 3 is 1.80 bits per heavy atom. The highest BCUT2D eigenvalue weighted by Gasteiger charge is 2.07. The molecule has 0 atom stereocenters. The molecule has 0 saturated carbocycles. The summed E-state index contributed by atoms with van der Waals surface area (Å²) < 4.78 is 5.41. The first-order chi connectivity index (χ1) is 9.72. The molecular formula is C19H28O. The Morgan fingerprint density at radius 1 is 0.750 bits per heavy atom. The monoisotopic (exact) mass is 272 g/mol. The van der Waals surface area contributed by atoms with Gasteiger partial charge in [0.25, 0.3) is 0 Å². The fraction of sp³-hybridized carbons (Fsp3) is 0.368. The molecule has 0 fully saturated rings. The van der Waals surface area contributed by atoms with Gasteiger partial charge in [0.15, 0.2) is 0 Å². The van der Waals surface area contributed by atoms with Crippen LogP contribution in [0.15, 0.2) is 42.5 Å². The Labute approximate surface area is 124 Å². The van der Waals surface area contributed by atoms with Crippen LogP contribution in [0.5, 0.6) is 5.75 Å². The van der Waals surface area contributed by atoms with Gasteiger partial charge in [-0.2, -0.15) is 0 Å². The number of methoxy groups -OCH3 is 1. The second kappa shape index (κ2) is 10.1. The molecule has 0 radical (unpaired) electrons. The highest BCUT2D eigenvalue weighted by molar-refractivity contribution is 5.73. The van der Waals surface area contributed by atoms with Crippen molar-refractivity contribution in [1.29, 1.82) is 0 Å². The lowest BCUT2D eigenvalue weighted by molar-refractivity contribution is 0.416. The molecule has 1 heteroatoms. The van der Waals surface area contributed by atoms with Crippen molar-refractivity contribution in [2.75, 3.05) is 7.11 Å². The summed E-state index contributed by atoms with van der Waals surface area (Å²) >= 11 is 0. The summed E-state index contributed by atoms with van der Waals surface area (Å²) in [7, 11) is 1.71. The van der Waals surface area contributed by atoms with Crippen LogP contribution in [0.25, 0.3) is 11.1 Å². The lowest BCUT2D eigenvalue weighted by Crippen LogP contribution is -1.90. The first-order valence-electron chi connectivity index (χ1n) is 7.43. The molecule has 0 aliphatic heterocycles. The summed E-state index contributed by atoms with van der Waals surface area (Å²) in [4.78, 5) is 0. The number of benzene rings is 2. The van der Waals surface area contributed by atoms with E-state index in [-0.39, 0.29) is 0 Å². The van der Waals surface area contributed by atoms with E-state index in [1.54, 1.807) is 7.11 Å². The molecule has 0 saturated heterocycles.